The van der Waals surface area contributed by atoms with Crippen LogP contribution in [0.4, 0.5) is 0 Å². The Labute approximate surface area is 96.0 Å². The number of hydrogen-bond acceptors (Lipinski definition) is 3. The normalized spacial score (nSPS) is 25.1. The predicted molar refractivity (Wildman–Crippen MR) is 61.9 cm³/mol. The number of benzene rings is 1. The molecule has 1 aromatic rings. The van der Waals surface area contributed by atoms with Gasteiger partial charge in [-0.3, -0.25) is 0 Å². The molecule has 2 rings (SSSR count). The third-order valence-corrected chi connectivity index (χ3v) is 2.96. The van der Waals surface area contributed by atoms with Gasteiger partial charge in [-0.05, 0) is 31.4 Å². The van der Waals surface area contributed by atoms with Crippen molar-refractivity contribution in [3.8, 4) is 11.5 Å². The highest BCUT2D eigenvalue weighted by Crippen LogP contribution is 2.30. The SMILES string of the molecule is COc1ccccc1OC1CCCC(O)C1. The van der Waals surface area contributed by atoms with Crippen molar-refractivity contribution in [2.45, 2.75) is 37.9 Å². The van der Waals surface area contributed by atoms with Crippen LogP contribution in [0.15, 0.2) is 24.3 Å². The second-order valence-corrected chi connectivity index (χ2v) is 4.21. The van der Waals surface area contributed by atoms with Crippen molar-refractivity contribution in [3.05, 3.63) is 24.3 Å². The van der Waals surface area contributed by atoms with Gasteiger partial charge in [-0.2, -0.15) is 0 Å². The van der Waals surface area contributed by atoms with Gasteiger partial charge < -0.3 is 14.6 Å². The van der Waals surface area contributed by atoms with Gasteiger partial charge in [0, 0.05) is 6.42 Å². The van der Waals surface area contributed by atoms with E-state index in [0.717, 1.165) is 37.2 Å². The van der Waals surface area contributed by atoms with Gasteiger partial charge in [-0.1, -0.05) is 12.1 Å². The first-order valence-electron chi connectivity index (χ1n) is 5.77. The van der Waals surface area contributed by atoms with Crippen molar-refractivity contribution in [2.24, 2.45) is 0 Å². The van der Waals surface area contributed by atoms with Crippen molar-refractivity contribution in [2.75, 3.05) is 7.11 Å². The molecule has 1 aliphatic rings. The Morgan fingerprint density at radius 3 is 2.62 bits per heavy atom. The minimum Gasteiger partial charge on any atom is -0.493 e. The van der Waals surface area contributed by atoms with Gasteiger partial charge in [0.25, 0.3) is 0 Å². The second-order valence-electron chi connectivity index (χ2n) is 4.21. The summed E-state index contributed by atoms with van der Waals surface area (Å²) in [6.07, 6.45) is 3.55. The average Bonchev–Trinajstić information content (AvgIpc) is 2.30. The molecule has 1 aliphatic carbocycles. The van der Waals surface area contributed by atoms with E-state index in [2.05, 4.69) is 0 Å². The molecule has 3 nitrogen and oxygen atoms in total. The molecule has 0 saturated heterocycles. The first-order valence-corrected chi connectivity index (χ1v) is 5.77. The van der Waals surface area contributed by atoms with Crippen molar-refractivity contribution in [1.82, 2.24) is 0 Å². The minimum absolute atomic E-state index is 0.111. The largest absolute Gasteiger partial charge is 0.493 e. The lowest BCUT2D eigenvalue weighted by molar-refractivity contribution is 0.0523. The zero-order valence-electron chi connectivity index (χ0n) is 9.56. The number of ether oxygens (including phenoxy) is 2. The molecule has 0 aliphatic heterocycles. The number of methoxy groups -OCH3 is 1. The molecule has 0 spiro atoms. The van der Waals surface area contributed by atoms with E-state index < -0.39 is 0 Å². The van der Waals surface area contributed by atoms with Crippen molar-refractivity contribution < 1.29 is 14.6 Å². The maximum absolute atomic E-state index is 9.57. The molecule has 1 N–H and O–H groups in total. The van der Waals surface area contributed by atoms with Crippen LogP contribution < -0.4 is 9.47 Å². The van der Waals surface area contributed by atoms with E-state index in [1.165, 1.54) is 0 Å². The van der Waals surface area contributed by atoms with E-state index in [0.29, 0.717) is 0 Å². The molecular weight excluding hydrogens is 204 g/mol. The molecule has 88 valence electrons. The third kappa shape index (κ3) is 2.67. The number of aliphatic hydroxyl groups excluding tert-OH is 1. The van der Waals surface area contributed by atoms with Crippen LogP contribution in [0.2, 0.25) is 0 Å². The maximum atomic E-state index is 9.57. The lowest BCUT2D eigenvalue weighted by atomic mass is 9.95. The van der Waals surface area contributed by atoms with Crippen LogP contribution in [0.3, 0.4) is 0 Å². The minimum atomic E-state index is -0.214. The standard InChI is InChI=1S/C13H18O3/c1-15-12-7-2-3-8-13(12)16-11-6-4-5-10(14)9-11/h2-3,7-8,10-11,14H,4-6,9H2,1H3. The van der Waals surface area contributed by atoms with E-state index in [1.54, 1.807) is 7.11 Å². The van der Waals surface area contributed by atoms with Crippen molar-refractivity contribution in [1.29, 1.82) is 0 Å². The van der Waals surface area contributed by atoms with Gasteiger partial charge >= 0.3 is 0 Å². The summed E-state index contributed by atoms with van der Waals surface area (Å²) in [5, 5.41) is 9.57. The van der Waals surface area contributed by atoms with Gasteiger partial charge in [0.2, 0.25) is 0 Å². The Morgan fingerprint density at radius 1 is 1.19 bits per heavy atom. The summed E-state index contributed by atoms with van der Waals surface area (Å²) in [6.45, 7) is 0. The highest BCUT2D eigenvalue weighted by Gasteiger charge is 2.22. The molecule has 0 radical (unpaired) electrons. The zero-order valence-corrected chi connectivity index (χ0v) is 9.56. The molecule has 3 heteroatoms. The van der Waals surface area contributed by atoms with Crippen LogP contribution in [0.1, 0.15) is 25.7 Å². The number of aliphatic hydroxyl groups is 1. The predicted octanol–water partition coefficient (Wildman–Crippen LogP) is 2.38. The Morgan fingerprint density at radius 2 is 1.94 bits per heavy atom. The molecule has 1 fully saturated rings. The van der Waals surface area contributed by atoms with Gasteiger partial charge in [-0.25, -0.2) is 0 Å². The molecule has 2 atom stereocenters. The van der Waals surface area contributed by atoms with Crippen molar-refractivity contribution in [3.63, 3.8) is 0 Å². The Kier molecular flexibility index (Phi) is 3.67. The van der Waals surface area contributed by atoms with E-state index in [9.17, 15) is 5.11 Å². The summed E-state index contributed by atoms with van der Waals surface area (Å²) >= 11 is 0. The zero-order chi connectivity index (χ0) is 11.4. The fraction of sp³-hybridized carbons (Fsp3) is 0.538. The fourth-order valence-corrected chi connectivity index (χ4v) is 2.12. The second kappa shape index (κ2) is 5.21. The van der Waals surface area contributed by atoms with Gasteiger partial charge in [-0.15, -0.1) is 0 Å². The van der Waals surface area contributed by atoms with Crippen LogP contribution in [0, 0.1) is 0 Å². The Balaban J connectivity index is 2.02. The number of para-hydroxylation sites is 2. The molecule has 16 heavy (non-hydrogen) atoms. The van der Waals surface area contributed by atoms with Gasteiger partial charge in [0.1, 0.15) is 6.10 Å². The van der Waals surface area contributed by atoms with Crippen LogP contribution in [-0.2, 0) is 0 Å². The summed E-state index contributed by atoms with van der Waals surface area (Å²) in [5.41, 5.74) is 0. The monoisotopic (exact) mass is 222 g/mol. The highest BCUT2D eigenvalue weighted by molar-refractivity contribution is 5.39. The highest BCUT2D eigenvalue weighted by atomic mass is 16.5. The van der Waals surface area contributed by atoms with Crippen LogP contribution in [0.5, 0.6) is 11.5 Å². The molecule has 0 aromatic heterocycles. The summed E-state index contributed by atoms with van der Waals surface area (Å²) in [7, 11) is 1.64. The molecule has 2 unspecified atom stereocenters. The van der Waals surface area contributed by atoms with Crippen LogP contribution >= 0.6 is 0 Å². The summed E-state index contributed by atoms with van der Waals surface area (Å²) in [5.74, 6) is 1.52. The quantitative estimate of drug-likeness (QED) is 0.853. The maximum Gasteiger partial charge on any atom is 0.161 e. The topological polar surface area (TPSA) is 38.7 Å². The van der Waals surface area contributed by atoms with E-state index in [4.69, 9.17) is 9.47 Å². The average molecular weight is 222 g/mol. The first kappa shape index (κ1) is 11.3. The van der Waals surface area contributed by atoms with Crippen LogP contribution in [-0.4, -0.2) is 24.4 Å². The molecular formula is C13H18O3. The molecule has 0 bridgehead atoms. The lowest BCUT2D eigenvalue weighted by Crippen LogP contribution is -2.28. The van der Waals surface area contributed by atoms with E-state index in [-0.39, 0.29) is 12.2 Å². The van der Waals surface area contributed by atoms with Gasteiger partial charge in [0.05, 0.1) is 13.2 Å². The summed E-state index contributed by atoms with van der Waals surface area (Å²) < 4.78 is 11.1. The van der Waals surface area contributed by atoms with E-state index in [1.807, 2.05) is 24.3 Å². The smallest absolute Gasteiger partial charge is 0.161 e. The Hall–Kier alpha value is -1.22. The van der Waals surface area contributed by atoms with E-state index >= 15 is 0 Å². The summed E-state index contributed by atoms with van der Waals surface area (Å²) in [4.78, 5) is 0. The molecule has 0 heterocycles. The first-order chi connectivity index (χ1) is 7.79. The van der Waals surface area contributed by atoms with Crippen LogP contribution in [0.25, 0.3) is 0 Å². The third-order valence-electron chi connectivity index (χ3n) is 2.96. The Bertz CT molecular complexity index is 338. The number of rotatable bonds is 3. The lowest BCUT2D eigenvalue weighted by Gasteiger charge is -2.27. The molecule has 1 saturated carbocycles. The fourth-order valence-electron chi connectivity index (χ4n) is 2.12. The van der Waals surface area contributed by atoms with Crippen molar-refractivity contribution >= 4 is 0 Å². The number of hydrogen-bond donors (Lipinski definition) is 1. The molecule has 1 aromatic carbocycles. The van der Waals surface area contributed by atoms with Gasteiger partial charge in [0.15, 0.2) is 11.5 Å². The summed E-state index contributed by atoms with van der Waals surface area (Å²) in [6, 6.07) is 7.63. The molecule has 0 amide bonds.